The van der Waals surface area contributed by atoms with Crippen molar-refractivity contribution < 1.29 is 4.79 Å². The van der Waals surface area contributed by atoms with Crippen molar-refractivity contribution >= 4 is 28.3 Å². The lowest BCUT2D eigenvalue weighted by Crippen LogP contribution is -2.05. The van der Waals surface area contributed by atoms with Crippen LogP contribution in [0.2, 0.25) is 0 Å². The molecule has 0 N–H and O–H groups in total. The Hall–Kier alpha value is -3.61. The number of rotatable bonds is 5. The van der Waals surface area contributed by atoms with Gasteiger partial charge in [0.05, 0.1) is 5.41 Å². The molecule has 0 radical (unpaired) electrons. The molecule has 3 aromatic carbocycles. The normalized spacial score (nSPS) is 14.2. The fourth-order valence-corrected chi connectivity index (χ4v) is 4.22. The number of fused-ring (bicyclic) bond motifs is 1. The summed E-state index contributed by atoms with van der Waals surface area (Å²) in [5, 5.41) is 1.19. The maximum atomic E-state index is 12.1. The Morgan fingerprint density at radius 1 is 0.867 bits per heavy atom. The number of hydrogen-bond donors (Lipinski definition) is 0. The first-order valence-electron chi connectivity index (χ1n) is 10.3. The average Bonchev–Trinajstić information content (AvgIpc) is 3.54. The molecule has 1 aliphatic rings. The van der Waals surface area contributed by atoms with E-state index in [0.29, 0.717) is 0 Å². The molecule has 0 aliphatic heterocycles. The second kappa shape index (κ2) is 7.33. The molecule has 2 heteroatoms. The van der Waals surface area contributed by atoms with Gasteiger partial charge in [0.25, 0.3) is 0 Å². The highest BCUT2D eigenvalue weighted by atomic mass is 16.1. The first-order chi connectivity index (χ1) is 14.7. The monoisotopic (exact) mass is 389 g/mol. The van der Waals surface area contributed by atoms with Crippen molar-refractivity contribution in [3.8, 4) is 0 Å². The Balaban J connectivity index is 1.88. The molecule has 0 spiro atoms. The summed E-state index contributed by atoms with van der Waals surface area (Å²) < 4.78 is 2.16. The SMILES string of the molecule is Cn1cc(C(=C=C(c2ccccc2)C2(C=O)CC2)c2ccccc2)c2ccccc21. The quantitative estimate of drug-likeness (QED) is 0.291. The topological polar surface area (TPSA) is 22.0 Å². The predicted molar refractivity (Wildman–Crippen MR) is 123 cm³/mol. The van der Waals surface area contributed by atoms with Crippen LogP contribution in [0.15, 0.2) is 96.9 Å². The highest BCUT2D eigenvalue weighted by molar-refractivity contribution is 6.00. The highest BCUT2D eigenvalue weighted by Crippen LogP contribution is 2.54. The number of benzene rings is 3. The van der Waals surface area contributed by atoms with Crippen LogP contribution in [0, 0.1) is 5.41 Å². The molecule has 1 heterocycles. The first-order valence-corrected chi connectivity index (χ1v) is 10.3. The number of carbonyl (C=O) groups is 1. The van der Waals surface area contributed by atoms with Gasteiger partial charge in [-0.25, -0.2) is 0 Å². The molecular formula is C28H23NO. The van der Waals surface area contributed by atoms with Crippen molar-refractivity contribution in [1.29, 1.82) is 0 Å². The summed E-state index contributed by atoms with van der Waals surface area (Å²) in [7, 11) is 2.07. The van der Waals surface area contributed by atoms with Gasteiger partial charge in [0.1, 0.15) is 6.29 Å². The molecule has 1 saturated carbocycles. The summed E-state index contributed by atoms with van der Waals surface area (Å²) in [6.07, 6.45) is 5.05. The maximum Gasteiger partial charge on any atom is 0.131 e. The second-order valence-corrected chi connectivity index (χ2v) is 8.05. The van der Waals surface area contributed by atoms with Gasteiger partial charge in [-0.2, -0.15) is 0 Å². The van der Waals surface area contributed by atoms with Gasteiger partial charge < -0.3 is 9.36 Å². The van der Waals surface area contributed by atoms with E-state index in [0.717, 1.165) is 47.0 Å². The summed E-state index contributed by atoms with van der Waals surface area (Å²) in [5.74, 6) is 0. The number of carbonyl (C=O) groups excluding carboxylic acids is 1. The molecule has 0 amide bonds. The van der Waals surface area contributed by atoms with Crippen LogP contribution in [0.3, 0.4) is 0 Å². The third-order valence-corrected chi connectivity index (χ3v) is 6.05. The third-order valence-electron chi connectivity index (χ3n) is 6.05. The van der Waals surface area contributed by atoms with Crippen LogP contribution >= 0.6 is 0 Å². The molecule has 0 unspecified atom stereocenters. The number of nitrogens with zero attached hydrogens (tertiary/aromatic N) is 1. The number of aromatic nitrogens is 1. The number of aryl methyl sites for hydroxylation is 1. The van der Waals surface area contributed by atoms with Crippen molar-refractivity contribution in [1.82, 2.24) is 4.57 Å². The van der Waals surface area contributed by atoms with E-state index >= 15 is 0 Å². The fourth-order valence-electron chi connectivity index (χ4n) is 4.22. The van der Waals surface area contributed by atoms with Crippen LogP contribution in [-0.4, -0.2) is 10.9 Å². The van der Waals surface area contributed by atoms with Gasteiger partial charge in [0.2, 0.25) is 0 Å². The van der Waals surface area contributed by atoms with Crippen molar-refractivity contribution in [2.24, 2.45) is 12.5 Å². The van der Waals surface area contributed by atoms with E-state index in [1.807, 2.05) is 24.3 Å². The van der Waals surface area contributed by atoms with Crippen LogP contribution in [0.4, 0.5) is 0 Å². The fraction of sp³-hybridized carbons (Fsp3) is 0.143. The van der Waals surface area contributed by atoms with Gasteiger partial charge in [-0.15, -0.1) is 5.73 Å². The van der Waals surface area contributed by atoms with Crippen LogP contribution < -0.4 is 0 Å². The lowest BCUT2D eigenvalue weighted by molar-refractivity contribution is -0.110. The van der Waals surface area contributed by atoms with E-state index in [-0.39, 0.29) is 0 Å². The summed E-state index contributed by atoms with van der Waals surface area (Å²) in [5.41, 5.74) is 9.83. The zero-order valence-corrected chi connectivity index (χ0v) is 17.0. The van der Waals surface area contributed by atoms with Crippen molar-refractivity contribution in [3.63, 3.8) is 0 Å². The lowest BCUT2D eigenvalue weighted by Gasteiger charge is -2.13. The van der Waals surface area contributed by atoms with Crippen molar-refractivity contribution in [2.75, 3.05) is 0 Å². The first kappa shape index (κ1) is 18.4. The predicted octanol–water partition coefficient (Wildman–Crippen LogP) is 6.27. The van der Waals surface area contributed by atoms with E-state index < -0.39 is 5.41 Å². The van der Waals surface area contributed by atoms with Crippen LogP contribution in [0.5, 0.6) is 0 Å². The Bertz CT molecular complexity index is 1280. The van der Waals surface area contributed by atoms with Crippen molar-refractivity contribution in [2.45, 2.75) is 12.8 Å². The molecule has 0 bridgehead atoms. The molecule has 1 aromatic heterocycles. The van der Waals surface area contributed by atoms with E-state index in [4.69, 9.17) is 0 Å². The molecule has 1 aliphatic carbocycles. The smallest absolute Gasteiger partial charge is 0.131 e. The minimum absolute atomic E-state index is 0.425. The Morgan fingerprint density at radius 3 is 2.10 bits per heavy atom. The van der Waals surface area contributed by atoms with Crippen LogP contribution in [-0.2, 0) is 11.8 Å². The lowest BCUT2D eigenvalue weighted by atomic mass is 9.88. The molecule has 5 rings (SSSR count). The zero-order chi connectivity index (χ0) is 20.6. The second-order valence-electron chi connectivity index (χ2n) is 8.05. The number of para-hydroxylation sites is 1. The Kier molecular flexibility index (Phi) is 4.50. The Morgan fingerprint density at radius 2 is 1.47 bits per heavy atom. The summed E-state index contributed by atoms with van der Waals surface area (Å²) >= 11 is 0. The molecule has 0 saturated heterocycles. The summed E-state index contributed by atoms with van der Waals surface area (Å²) in [6, 6.07) is 29.0. The number of hydrogen-bond acceptors (Lipinski definition) is 1. The minimum Gasteiger partial charge on any atom is -0.350 e. The molecule has 2 nitrogen and oxygen atoms in total. The molecule has 30 heavy (non-hydrogen) atoms. The molecule has 146 valence electrons. The van der Waals surface area contributed by atoms with E-state index in [1.165, 1.54) is 10.9 Å². The summed E-state index contributed by atoms with van der Waals surface area (Å²) in [4.78, 5) is 12.1. The van der Waals surface area contributed by atoms with E-state index in [1.54, 1.807) is 0 Å². The Labute approximate surface area is 176 Å². The van der Waals surface area contributed by atoms with Crippen LogP contribution in [0.25, 0.3) is 22.0 Å². The minimum atomic E-state index is -0.425. The van der Waals surface area contributed by atoms with Gasteiger partial charge in [-0.3, -0.25) is 0 Å². The number of aldehydes is 1. The maximum absolute atomic E-state index is 12.1. The van der Waals surface area contributed by atoms with Gasteiger partial charge in [0, 0.05) is 40.9 Å². The van der Waals surface area contributed by atoms with Gasteiger partial charge in [-0.1, -0.05) is 78.9 Å². The highest BCUT2D eigenvalue weighted by Gasteiger charge is 2.46. The average molecular weight is 389 g/mol. The standard InChI is InChI=1S/C28H23NO/c1-29-19-25(23-14-8-9-15-27(23)29)24(21-10-4-2-5-11-21)18-26(28(20-30)16-17-28)22-12-6-3-7-13-22/h2-15,19-20H,16-17H2,1H3. The van der Waals surface area contributed by atoms with E-state index in [2.05, 4.69) is 84.2 Å². The largest absolute Gasteiger partial charge is 0.350 e. The molecule has 1 fully saturated rings. The summed E-state index contributed by atoms with van der Waals surface area (Å²) in [6.45, 7) is 0. The number of allylic oxidation sites excluding steroid dienone is 1. The molecular weight excluding hydrogens is 366 g/mol. The van der Waals surface area contributed by atoms with Crippen molar-refractivity contribution in [3.05, 3.63) is 114 Å². The molecule has 4 aromatic rings. The van der Waals surface area contributed by atoms with Gasteiger partial charge in [0.15, 0.2) is 0 Å². The molecule has 0 atom stereocenters. The third kappa shape index (κ3) is 3.12. The zero-order valence-electron chi connectivity index (χ0n) is 17.0. The van der Waals surface area contributed by atoms with Gasteiger partial charge in [-0.05, 0) is 30.0 Å². The van der Waals surface area contributed by atoms with Gasteiger partial charge >= 0.3 is 0 Å². The van der Waals surface area contributed by atoms with Crippen LogP contribution in [0.1, 0.15) is 29.5 Å². The van der Waals surface area contributed by atoms with E-state index in [9.17, 15) is 4.79 Å².